The third-order valence-electron chi connectivity index (χ3n) is 2.11. The van der Waals surface area contributed by atoms with Crippen LogP contribution >= 0.6 is 0 Å². The van der Waals surface area contributed by atoms with E-state index >= 15 is 0 Å². The van der Waals surface area contributed by atoms with Crippen molar-refractivity contribution in [3.63, 3.8) is 0 Å². The van der Waals surface area contributed by atoms with E-state index < -0.39 is 0 Å². The van der Waals surface area contributed by atoms with Crippen LogP contribution < -0.4 is 5.73 Å². The molecule has 0 heterocycles. The number of rotatable bonds is 1. The zero-order chi connectivity index (χ0) is 6.69. The predicted molar refractivity (Wildman–Crippen MR) is 35.9 cm³/mol. The summed E-state index contributed by atoms with van der Waals surface area (Å²) in [5, 5.41) is 0. The van der Waals surface area contributed by atoms with E-state index in [0.717, 1.165) is 25.7 Å². The van der Waals surface area contributed by atoms with Crippen LogP contribution in [0.4, 0.5) is 4.39 Å². The van der Waals surface area contributed by atoms with Crippen LogP contribution in [-0.4, -0.2) is 12.7 Å². The molecule has 0 amide bonds. The lowest BCUT2D eigenvalue weighted by molar-refractivity contribution is 0.264. The van der Waals surface area contributed by atoms with Gasteiger partial charge in [-0.2, -0.15) is 0 Å². The number of alkyl halides is 1. The highest BCUT2D eigenvalue weighted by molar-refractivity contribution is 4.73. The second-order valence-electron chi connectivity index (χ2n) is 2.94. The van der Waals surface area contributed by atoms with Crippen LogP contribution in [0.15, 0.2) is 0 Å². The van der Waals surface area contributed by atoms with Crippen molar-refractivity contribution in [1.82, 2.24) is 0 Å². The van der Waals surface area contributed by atoms with Gasteiger partial charge in [0.2, 0.25) is 0 Å². The zero-order valence-electron chi connectivity index (χ0n) is 5.65. The largest absolute Gasteiger partial charge is 0.328 e. The molecule has 0 atom stereocenters. The summed E-state index contributed by atoms with van der Waals surface area (Å²) in [6.45, 7) is -0.146. The molecular weight excluding hydrogens is 116 g/mol. The van der Waals surface area contributed by atoms with Crippen molar-refractivity contribution in [2.45, 2.75) is 31.7 Å². The Morgan fingerprint density at radius 2 is 1.78 bits per heavy atom. The van der Waals surface area contributed by atoms with Crippen LogP contribution in [0, 0.1) is 5.92 Å². The lowest BCUT2D eigenvalue weighted by Crippen LogP contribution is -2.27. The summed E-state index contributed by atoms with van der Waals surface area (Å²) in [5.41, 5.74) is 5.63. The first-order chi connectivity index (χ1) is 4.33. The first-order valence-corrected chi connectivity index (χ1v) is 3.64. The molecule has 2 heteroatoms. The average Bonchev–Trinajstić information content (AvgIpc) is 1.90. The second kappa shape index (κ2) is 3.16. The fourth-order valence-electron chi connectivity index (χ4n) is 1.34. The van der Waals surface area contributed by atoms with Gasteiger partial charge < -0.3 is 5.73 Å². The third kappa shape index (κ3) is 1.94. The van der Waals surface area contributed by atoms with Crippen molar-refractivity contribution in [1.29, 1.82) is 0 Å². The van der Waals surface area contributed by atoms with Gasteiger partial charge in [-0.05, 0) is 31.6 Å². The molecule has 0 bridgehead atoms. The minimum atomic E-state index is -0.146. The monoisotopic (exact) mass is 130 g/mol. The maximum absolute atomic E-state index is 12.0. The van der Waals surface area contributed by atoms with Gasteiger partial charge in [0.05, 0.1) is 6.67 Å². The lowest BCUT2D eigenvalue weighted by atomic mass is 9.87. The summed E-state index contributed by atoms with van der Waals surface area (Å²) < 4.78 is 12.0. The molecule has 0 aromatic rings. The van der Waals surface area contributed by atoms with E-state index in [4.69, 9.17) is 5.73 Å². The van der Waals surface area contributed by atoms with E-state index in [1.807, 2.05) is 0 Å². The molecule has 2 N–H and O–H groups in total. The number of hydrogen-bond acceptors (Lipinski definition) is 1. The molecule has 0 aromatic heterocycles. The number of halogens is 1. The molecule has 1 saturated carbocycles. The maximum atomic E-state index is 12.0. The molecule has 0 unspecified atom stereocenters. The average molecular weight is 130 g/mol. The van der Waals surface area contributed by atoms with E-state index in [1.165, 1.54) is 0 Å². The minimum Gasteiger partial charge on any atom is -0.328 e. The second-order valence-corrected chi connectivity index (χ2v) is 2.94. The summed E-state index contributed by atoms with van der Waals surface area (Å²) in [6.07, 6.45) is 4.04. The van der Waals surface area contributed by atoms with Gasteiger partial charge in [-0.3, -0.25) is 4.39 Å². The van der Waals surface area contributed by atoms with E-state index in [0.29, 0.717) is 12.0 Å². The Morgan fingerprint density at radius 3 is 2.22 bits per heavy atom. The van der Waals surface area contributed by atoms with Gasteiger partial charge in [-0.1, -0.05) is 0 Å². The van der Waals surface area contributed by atoms with Crippen molar-refractivity contribution in [3.8, 4) is 0 Å². The normalized spacial score (nSPS) is 36.7. The van der Waals surface area contributed by atoms with Crippen LogP contribution in [0.25, 0.3) is 0 Å². The molecule has 1 rings (SSSR count). The molecule has 1 fully saturated rings. The van der Waals surface area contributed by atoms with E-state index in [2.05, 4.69) is 0 Å². The maximum Gasteiger partial charge on any atom is 0.0922 e. The smallest absolute Gasteiger partial charge is 0.0922 e. The molecule has 9 heavy (non-hydrogen) atoms. The molecule has 0 aliphatic heterocycles. The zero-order valence-corrected chi connectivity index (χ0v) is 5.65. The Hall–Kier alpha value is -0.110. The van der Waals surface area contributed by atoms with Crippen molar-refractivity contribution >= 4 is 0 Å². The van der Waals surface area contributed by atoms with E-state index in [-0.39, 0.29) is 6.67 Å². The van der Waals surface area contributed by atoms with E-state index in [1.54, 1.807) is 0 Å². The van der Waals surface area contributed by atoms with Crippen LogP contribution in [-0.2, 0) is 0 Å². The summed E-state index contributed by atoms with van der Waals surface area (Å²) in [6, 6.07) is 0.354. The highest BCUT2D eigenvalue weighted by Gasteiger charge is 2.17. The van der Waals surface area contributed by atoms with Gasteiger partial charge in [0.15, 0.2) is 0 Å². The molecule has 0 saturated heterocycles. The molecule has 0 aromatic carbocycles. The van der Waals surface area contributed by atoms with Crippen LogP contribution in [0.3, 0.4) is 0 Å². The Labute approximate surface area is 55.4 Å². The standard InChI is InChI=1S/C7H14FN/c8-5-6-1-3-7(9)4-2-6/h6-7H,1-5,9H2/i8-1. The van der Waals surface area contributed by atoms with Crippen LogP contribution in [0.1, 0.15) is 25.7 Å². The summed E-state index contributed by atoms with van der Waals surface area (Å²) in [4.78, 5) is 0. The topological polar surface area (TPSA) is 26.0 Å². The summed E-state index contributed by atoms with van der Waals surface area (Å²) >= 11 is 0. The third-order valence-corrected chi connectivity index (χ3v) is 2.11. The quantitative estimate of drug-likeness (QED) is 0.571. The number of nitrogens with two attached hydrogens (primary N) is 1. The molecule has 0 radical (unpaired) electrons. The summed E-state index contributed by atoms with van der Waals surface area (Å²) in [5.74, 6) is 0.324. The molecule has 1 aliphatic rings. The van der Waals surface area contributed by atoms with Crippen molar-refractivity contribution in [2.75, 3.05) is 6.67 Å². The molecule has 0 spiro atoms. The molecular formula is C7H14FN. The Kier molecular flexibility index (Phi) is 2.46. The van der Waals surface area contributed by atoms with Crippen molar-refractivity contribution in [2.24, 2.45) is 11.7 Å². The van der Waals surface area contributed by atoms with Crippen LogP contribution in [0.5, 0.6) is 0 Å². The van der Waals surface area contributed by atoms with Gasteiger partial charge in [0.25, 0.3) is 0 Å². The van der Waals surface area contributed by atoms with Gasteiger partial charge in [0.1, 0.15) is 0 Å². The Bertz CT molecular complexity index is 77.0. The highest BCUT2D eigenvalue weighted by atomic mass is 18.2. The van der Waals surface area contributed by atoms with Gasteiger partial charge in [-0.25, -0.2) is 0 Å². The van der Waals surface area contributed by atoms with Gasteiger partial charge in [-0.15, -0.1) is 0 Å². The highest BCUT2D eigenvalue weighted by Crippen LogP contribution is 2.22. The molecule has 1 nitrogen and oxygen atoms in total. The fourth-order valence-corrected chi connectivity index (χ4v) is 1.34. The fraction of sp³-hybridized carbons (Fsp3) is 1.00. The molecule has 1 aliphatic carbocycles. The van der Waals surface area contributed by atoms with Gasteiger partial charge in [0, 0.05) is 6.04 Å². The van der Waals surface area contributed by atoms with Gasteiger partial charge >= 0.3 is 0 Å². The minimum absolute atomic E-state index is 0.146. The first-order valence-electron chi connectivity index (χ1n) is 3.64. The Morgan fingerprint density at radius 1 is 1.22 bits per heavy atom. The Balaban J connectivity index is 2.18. The summed E-state index contributed by atoms with van der Waals surface area (Å²) in [7, 11) is 0. The van der Waals surface area contributed by atoms with E-state index in [9.17, 15) is 4.39 Å². The SMILES string of the molecule is NC1CCC(C[18F])CC1. The van der Waals surface area contributed by atoms with Crippen molar-refractivity contribution in [3.05, 3.63) is 0 Å². The van der Waals surface area contributed by atoms with Crippen molar-refractivity contribution < 1.29 is 4.39 Å². The van der Waals surface area contributed by atoms with Crippen LogP contribution in [0.2, 0.25) is 0 Å². The number of hydrogen-bond donors (Lipinski definition) is 1. The first kappa shape index (κ1) is 7.00. The molecule has 54 valence electrons. The predicted octanol–water partition coefficient (Wildman–Crippen LogP) is 1.47. The lowest BCUT2D eigenvalue weighted by Gasteiger charge is -2.23.